The second-order valence-electron chi connectivity index (χ2n) is 4.44. The zero-order valence-corrected chi connectivity index (χ0v) is 11.1. The van der Waals surface area contributed by atoms with E-state index in [0.717, 1.165) is 11.6 Å². The van der Waals surface area contributed by atoms with Gasteiger partial charge in [-0.3, -0.25) is 4.79 Å². The lowest BCUT2D eigenvalue weighted by Gasteiger charge is -2.10. The van der Waals surface area contributed by atoms with Gasteiger partial charge in [-0.25, -0.2) is 9.18 Å². The molecule has 0 saturated heterocycles. The average Bonchev–Trinajstić information content (AvgIpc) is 2.37. The molecule has 2 aromatic rings. The Kier molecular flexibility index (Phi) is 3.89. The van der Waals surface area contributed by atoms with Crippen molar-refractivity contribution in [3.63, 3.8) is 0 Å². The van der Waals surface area contributed by atoms with Gasteiger partial charge < -0.3 is 15.5 Å². The third-order valence-corrected chi connectivity index (χ3v) is 2.87. The van der Waals surface area contributed by atoms with E-state index in [2.05, 4.69) is 5.32 Å². The van der Waals surface area contributed by atoms with Gasteiger partial charge in [0.15, 0.2) is 0 Å². The normalized spacial score (nSPS) is 10.2. The van der Waals surface area contributed by atoms with Crippen LogP contribution < -0.4 is 5.32 Å². The lowest BCUT2D eigenvalue weighted by atomic mass is 10.1. The highest BCUT2D eigenvalue weighted by atomic mass is 19.1. The van der Waals surface area contributed by atoms with Crippen molar-refractivity contribution in [2.45, 2.75) is 6.92 Å². The number of amides is 1. The van der Waals surface area contributed by atoms with Crippen molar-refractivity contribution in [2.75, 3.05) is 5.32 Å². The highest BCUT2D eigenvalue weighted by Crippen LogP contribution is 2.23. The van der Waals surface area contributed by atoms with Gasteiger partial charge >= 0.3 is 5.97 Å². The van der Waals surface area contributed by atoms with Crippen molar-refractivity contribution in [1.29, 1.82) is 0 Å². The molecule has 0 radical (unpaired) electrons. The number of aromatic carboxylic acids is 1. The highest BCUT2D eigenvalue weighted by molar-refractivity contribution is 6.09. The minimum Gasteiger partial charge on any atom is -0.507 e. The Balaban J connectivity index is 2.36. The third kappa shape index (κ3) is 3.00. The van der Waals surface area contributed by atoms with Gasteiger partial charge in [0.05, 0.1) is 11.3 Å². The molecule has 5 nitrogen and oxygen atoms in total. The summed E-state index contributed by atoms with van der Waals surface area (Å²) in [4.78, 5) is 23.1. The average molecular weight is 289 g/mol. The first-order chi connectivity index (χ1) is 9.90. The molecule has 1 amide bonds. The molecule has 0 atom stereocenters. The van der Waals surface area contributed by atoms with E-state index in [0.29, 0.717) is 0 Å². The molecule has 0 aromatic heterocycles. The number of rotatable bonds is 3. The van der Waals surface area contributed by atoms with E-state index in [9.17, 15) is 19.1 Å². The summed E-state index contributed by atoms with van der Waals surface area (Å²) in [7, 11) is 0. The van der Waals surface area contributed by atoms with Crippen molar-refractivity contribution in [2.24, 2.45) is 0 Å². The maximum absolute atomic E-state index is 13.5. The fourth-order valence-corrected chi connectivity index (χ4v) is 1.87. The summed E-state index contributed by atoms with van der Waals surface area (Å²) in [6.45, 7) is 1.75. The van der Waals surface area contributed by atoms with Gasteiger partial charge in [-0.2, -0.15) is 0 Å². The van der Waals surface area contributed by atoms with Gasteiger partial charge in [-0.15, -0.1) is 0 Å². The van der Waals surface area contributed by atoms with Gasteiger partial charge in [0, 0.05) is 0 Å². The van der Waals surface area contributed by atoms with Crippen LogP contribution in [0.3, 0.4) is 0 Å². The van der Waals surface area contributed by atoms with E-state index in [4.69, 9.17) is 5.11 Å². The topological polar surface area (TPSA) is 86.6 Å². The van der Waals surface area contributed by atoms with Crippen molar-refractivity contribution < 1.29 is 24.2 Å². The monoisotopic (exact) mass is 289 g/mol. The zero-order valence-electron chi connectivity index (χ0n) is 11.1. The molecule has 0 aliphatic rings. The van der Waals surface area contributed by atoms with Crippen LogP contribution in [-0.4, -0.2) is 22.1 Å². The van der Waals surface area contributed by atoms with E-state index in [1.54, 1.807) is 13.0 Å². The predicted octanol–water partition coefficient (Wildman–Crippen LogP) is 2.79. The Hall–Kier alpha value is -2.89. The van der Waals surface area contributed by atoms with Crippen LogP contribution in [0.1, 0.15) is 26.3 Å². The molecule has 2 rings (SSSR count). The Labute approximate surface area is 119 Å². The van der Waals surface area contributed by atoms with Crippen LogP contribution in [0.25, 0.3) is 0 Å². The number of phenolic OH excluding ortho intramolecular Hbond substituents is 1. The molecule has 0 aliphatic carbocycles. The van der Waals surface area contributed by atoms with Crippen LogP contribution in [0.15, 0.2) is 36.4 Å². The van der Waals surface area contributed by atoms with Crippen molar-refractivity contribution in [3.05, 3.63) is 58.9 Å². The number of hydrogen-bond donors (Lipinski definition) is 3. The first kappa shape index (κ1) is 14.5. The van der Waals surface area contributed by atoms with Crippen molar-refractivity contribution in [3.8, 4) is 5.75 Å². The van der Waals surface area contributed by atoms with E-state index < -0.39 is 23.3 Å². The Morgan fingerprint density at radius 2 is 1.90 bits per heavy atom. The van der Waals surface area contributed by atoms with Crippen molar-refractivity contribution in [1.82, 2.24) is 0 Å². The Bertz CT molecular complexity index is 728. The van der Waals surface area contributed by atoms with E-state index in [-0.39, 0.29) is 17.0 Å². The van der Waals surface area contributed by atoms with E-state index in [1.807, 2.05) is 0 Å². The largest absolute Gasteiger partial charge is 0.507 e. The lowest BCUT2D eigenvalue weighted by molar-refractivity contribution is 0.0693. The minimum atomic E-state index is -1.49. The molecule has 0 saturated carbocycles. The smallest absolute Gasteiger partial charge is 0.340 e. The molecule has 0 aliphatic heterocycles. The molecule has 0 spiro atoms. The van der Waals surface area contributed by atoms with Crippen LogP contribution in [0, 0.1) is 12.7 Å². The number of carbonyl (C=O) groups excluding carboxylic acids is 1. The summed E-state index contributed by atoms with van der Waals surface area (Å²) >= 11 is 0. The first-order valence-corrected chi connectivity index (χ1v) is 6.03. The maximum atomic E-state index is 13.5. The SMILES string of the molecule is Cc1ccc(C(=O)Nc2cccc(F)c2C(=O)O)c(O)c1. The minimum absolute atomic E-state index is 0.0267. The maximum Gasteiger partial charge on any atom is 0.340 e. The van der Waals surface area contributed by atoms with E-state index in [1.165, 1.54) is 24.3 Å². The van der Waals surface area contributed by atoms with Gasteiger partial charge in [-0.1, -0.05) is 12.1 Å². The summed E-state index contributed by atoms with van der Waals surface area (Å²) in [5.74, 6) is -3.40. The standard InChI is InChI=1S/C15H12FNO4/c1-8-5-6-9(12(18)7-8)14(19)17-11-4-2-3-10(16)13(11)15(20)21/h2-7,18H,1H3,(H,17,19)(H,20,21). The molecular weight excluding hydrogens is 277 g/mol. The second kappa shape index (κ2) is 5.62. The summed E-state index contributed by atoms with van der Waals surface area (Å²) < 4.78 is 13.5. The molecule has 0 bridgehead atoms. The number of hydrogen-bond acceptors (Lipinski definition) is 3. The molecular formula is C15H12FNO4. The fourth-order valence-electron chi connectivity index (χ4n) is 1.87. The predicted molar refractivity (Wildman–Crippen MR) is 74.2 cm³/mol. The van der Waals surface area contributed by atoms with Gasteiger partial charge in [-0.05, 0) is 36.8 Å². The van der Waals surface area contributed by atoms with Crippen LogP contribution in [-0.2, 0) is 0 Å². The number of carboxylic acids is 1. The Morgan fingerprint density at radius 3 is 2.52 bits per heavy atom. The molecule has 0 heterocycles. The molecule has 6 heteroatoms. The number of carboxylic acid groups (broad SMARTS) is 1. The highest BCUT2D eigenvalue weighted by Gasteiger charge is 2.19. The summed E-state index contributed by atoms with van der Waals surface area (Å²) in [6, 6.07) is 7.97. The van der Waals surface area contributed by atoms with Gasteiger partial charge in [0.2, 0.25) is 0 Å². The number of benzene rings is 2. The zero-order chi connectivity index (χ0) is 15.6. The Morgan fingerprint density at radius 1 is 1.19 bits per heavy atom. The number of halogens is 1. The summed E-state index contributed by atoms with van der Waals surface area (Å²) in [5, 5.41) is 21.0. The van der Waals surface area contributed by atoms with Gasteiger partial charge in [0.1, 0.15) is 17.1 Å². The van der Waals surface area contributed by atoms with Gasteiger partial charge in [0.25, 0.3) is 5.91 Å². The number of aromatic hydroxyl groups is 1. The number of carbonyl (C=O) groups is 2. The number of nitrogens with one attached hydrogen (secondary N) is 1. The van der Waals surface area contributed by atoms with Crippen LogP contribution in [0.5, 0.6) is 5.75 Å². The third-order valence-electron chi connectivity index (χ3n) is 2.87. The molecule has 3 N–H and O–H groups in total. The summed E-state index contributed by atoms with van der Waals surface area (Å²) in [6.07, 6.45) is 0. The molecule has 0 fully saturated rings. The first-order valence-electron chi connectivity index (χ1n) is 6.03. The van der Waals surface area contributed by atoms with E-state index >= 15 is 0 Å². The molecule has 0 unspecified atom stereocenters. The fraction of sp³-hybridized carbons (Fsp3) is 0.0667. The lowest BCUT2D eigenvalue weighted by Crippen LogP contribution is -2.16. The van der Waals surface area contributed by atoms with Crippen LogP contribution >= 0.6 is 0 Å². The van der Waals surface area contributed by atoms with Crippen molar-refractivity contribution >= 4 is 17.6 Å². The molecule has 21 heavy (non-hydrogen) atoms. The van der Waals surface area contributed by atoms with Crippen LogP contribution in [0.2, 0.25) is 0 Å². The summed E-state index contributed by atoms with van der Waals surface area (Å²) in [5.41, 5.74) is -0.0628. The second-order valence-corrected chi connectivity index (χ2v) is 4.44. The molecule has 2 aromatic carbocycles. The number of aryl methyl sites for hydroxylation is 1. The van der Waals surface area contributed by atoms with Crippen LogP contribution in [0.4, 0.5) is 10.1 Å². The number of anilines is 1. The quantitative estimate of drug-likeness (QED) is 0.811. The molecule has 108 valence electrons. The number of phenols is 1.